The van der Waals surface area contributed by atoms with E-state index in [0.29, 0.717) is 13.1 Å². The molecule has 0 aromatic heterocycles. The van der Waals surface area contributed by atoms with Crippen molar-refractivity contribution in [3.63, 3.8) is 0 Å². The average molecular weight is 711 g/mol. The number of aliphatic hydroxyl groups is 2. The van der Waals surface area contributed by atoms with Gasteiger partial charge >= 0.3 is 6.09 Å². The van der Waals surface area contributed by atoms with E-state index in [0.717, 1.165) is 0 Å². The molecule has 5 aliphatic rings. The van der Waals surface area contributed by atoms with E-state index in [1.165, 1.54) is 25.3 Å². The predicted molar refractivity (Wildman–Crippen MR) is 175 cm³/mol. The number of phenolic OH excluding ortho intramolecular Hbond substituents is 2. The van der Waals surface area contributed by atoms with E-state index in [2.05, 4.69) is 4.90 Å². The summed E-state index contributed by atoms with van der Waals surface area (Å²) in [6.07, 6.45) is -4.81. The summed E-state index contributed by atoms with van der Waals surface area (Å²) < 4.78 is 30.0. The molecule has 7 rings (SSSR count). The fourth-order valence-electron chi connectivity index (χ4n) is 8.15. The standard InChI is InChI=1S/C36H42N2O13/c1-16-33-19(38-10-9-37(14-23(38)50-33)34(45)51-35(2,3)4)11-24(48-16)49-21-13-36(46,22(40)15-39)12-18-26(21)32(44)28-27(30(18)42)29(41)17-7-6-8-20(47-5)25(17)31(28)43/h6-8,16,19,21,23-24,33,39,42,44,46H,9-15H2,1-5H3/t16-,19?,21-,23?,24-,33?,36-/m0/s1. The van der Waals surface area contributed by atoms with Gasteiger partial charge in [0, 0.05) is 55.1 Å². The van der Waals surface area contributed by atoms with Crippen molar-refractivity contribution < 1.29 is 63.3 Å². The van der Waals surface area contributed by atoms with Crippen LogP contribution in [0.1, 0.15) is 89.6 Å². The van der Waals surface area contributed by atoms with Crippen LogP contribution >= 0.6 is 0 Å². The summed E-state index contributed by atoms with van der Waals surface area (Å²) in [5, 5.41) is 44.8. The van der Waals surface area contributed by atoms with Crippen LogP contribution in [0.5, 0.6) is 17.2 Å². The van der Waals surface area contributed by atoms with E-state index >= 15 is 0 Å². The zero-order valence-corrected chi connectivity index (χ0v) is 29.0. The quantitative estimate of drug-likeness (QED) is 0.280. The molecule has 7 atom stereocenters. The van der Waals surface area contributed by atoms with E-state index in [1.54, 1.807) is 25.7 Å². The Morgan fingerprint density at radius 3 is 2.45 bits per heavy atom. The average Bonchev–Trinajstić information content (AvgIpc) is 3.45. The third-order valence-corrected chi connectivity index (χ3v) is 10.5. The molecule has 3 saturated heterocycles. The molecule has 2 aromatic rings. The monoisotopic (exact) mass is 710 g/mol. The van der Waals surface area contributed by atoms with Gasteiger partial charge in [0.1, 0.15) is 47.4 Å². The highest BCUT2D eigenvalue weighted by molar-refractivity contribution is 6.31. The van der Waals surface area contributed by atoms with E-state index in [-0.39, 0.29) is 53.1 Å². The van der Waals surface area contributed by atoms with Crippen molar-refractivity contribution in [2.24, 2.45) is 0 Å². The summed E-state index contributed by atoms with van der Waals surface area (Å²) >= 11 is 0. The molecule has 3 heterocycles. The lowest BCUT2D eigenvalue weighted by Gasteiger charge is -2.43. The zero-order chi connectivity index (χ0) is 36.7. The number of benzene rings is 2. The van der Waals surface area contributed by atoms with Crippen molar-refractivity contribution in [1.29, 1.82) is 0 Å². The van der Waals surface area contributed by atoms with Gasteiger partial charge in [-0.25, -0.2) is 4.79 Å². The number of fused-ring (bicyclic) bond motifs is 6. The van der Waals surface area contributed by atoms with Gasteiger partial charge in [-0.05, 0) is 33.8 Å². The van der Waals surface area contributed by atoms with Crippen LogP contribution in [0.3, 0.4) is 0 Å². The number of amides is 1. The Morgan fingerprint density at radius 2 is 1.76 bits per heavy atom. The number of phenols is 2. The van der Waals surface area contributed by atoms with Crippen molar-refractivity contribution >= 4 is 23.4 Å². The van der Waals surface area contributed by atoms with Crippen LogP contribution in [-0.2, 0) is 30.2 Å². The first-order chi connectivity index (χ1) is 24.1. The molecule has 0 saturated carbocycles. The van der Waals surface area contributed by atoms with E-state index in [4.69, 9.17) is 23.7 Å². The Balaban J connectivity index is 1.21. The van der Waals surface area contributed by atoms with E-state index < -0.39 is 101 Å². The number of Topliss-reactive ketones (excluding diaryl/α,β-unsaturated/α-hetero) is 1. The van der Waals surface area contributed by atoms with Crippen LogP contribution in [0.2, 0.25) is 0 Å². The molecule has 15 nitrogen and oxygen atoms in total. The maximum absolute atomic E-state index is 13.9. The Hall–Kier alpha value is -4.12. The summed E-state index contributed by atoms with van der Waals surface area (Å²) in [5.41, 5.74) is -4.19. The maximum Gasteiger partial charge on any atom is 0.410 e. The van der Waals surface area contributed by atoms with Gasteiger partial charge in [-0.1, -0.05) is 12.1 Å². The first kappa shape index (κ1) is 35.3. The van der Waals surface area contributed by atoms with Gasteiger partial charge in [0.25, 0.3) is 0 Å². The van der Waals surface area contributed by atoms with E-state index in [9.17, 15) is 39.6 Å². The van der Waals surface area contributed by atoms with E-state index in [1.807, 2.05) is 6.92 Å². The number of ether oxygens (including phenoxy) is 5. The third-order valence-electron chi connectivity index (χ3n) is 10.5. The molecule has 0 spiro atoms. The SMILES string of the molecule is COc1cccc2c1C(=O)c1c(O)c3c(c(O)c1C2=O)C[C@@](O)(C(=O)CO)C[C@@H]3O[C@H]1CC2C(OC3CN(C(=O)OC(C)(C)C)CCN32)[C@H](C)O1. The summed E-state index contributed by atoms with van der Waals surface area (Å²) in [6, 6.07) is 4.21. The molecule has 15 heteroatoms. The Morgan fingerprint density at radius 1 is 1.04 bits per heavy atom. The second kappa shape index (κ2) is 12.5. The molecule has 2 aliphatic carbocycles. The van der Waals surface area contributed by atoms with Gasteiger partial charge < -0.3 is 49.0 Å². The topological polar surface area (TPSA) is 202 Å². The summed E-state index contributed by atoms with van der Waals surface area (Å²) in [4.78, 5) is 57.2. The lowest BCUT2D eigenvalue weighted by atomic mass is 9.72. The summed E-state index contributed by atoms with van der Waals surface area (Å²) in [6.45, 7) is 7.38. The molecule has 274 valence electrons. The number of ketones is 3. The number of piperazine rings is 1. The highest BCUT2D eigenvalue weighted by Crippen LogP contribution is 2.53. The fraction of sp³-hybridized carbons (Fsp3) is 0.556. The Bertz CT molecular complexity index is 1820. The number of aliphatic hydroxyl groups excluding tert-OH is 1. The predicted octanol–water partition coefficient (Wildman–Crippen LogP) is 1.96. The number of hydrogen-bond acceptors (Lipinski definition) is 14. The van der Waals surface area contributed by atoms with Crippen LogP contribution < -0.4 is 4.74 Å². The highest BCUT2D eigenvalue weighted by atomic mass is 16.7. The zero-order valence-electron chi connectivity index (χ0n) is 29.0. The number of carbonyl (C=O) groups is 4. The first-order valence-corrected chi connectivity index (χ1v) is 17.0. The second-order valence-corrected chi connectivity index (χ2v) is 14.8. The minimum atomic E-state index is -2.25. The summed E-state index contributed by atoms with van der Waals surface area (Å²) in [5.74, 6) is -3.69. The number of methoxy groups -OCH3 is 1. The molecule has 3 aliphatic heterocycles. The van der Waals surface area contributed by atoms with Crippen molar-refractivity contribution in [2.45, 2.75) is 95.0 Å². The maximum atomic E-state index is 13.9. The lowest BCUT2D eigenvalue weighted by molar-refractivity contribution is -0.247. The third kappa shape index (κ3) is 5.76. The molecule has 51 heavy (non-hydrogen) atoms. The molecular formula is C36H42N2O13. The fourth-order valence-corrected chi connectivity index (χ4v) is 8.15. The molecule has 4 N–H and O–H groups in total. The highest BCUT2D eigenvalue weighted by Gasteiger charge is 2.54. The van der Waals surface area contributed by atoms with Gasteiger partial charge in [0.15, 0.2) is 17.9 Å². The minimum absolute atomic E-state index is 0.0463. The number of nitrogens with zero attached hydrogens (tertiary/aromatic N) is 2. The lowest BCUT2D eigenvalue weighted by Crippen LogP contribution is -2.57. The van der Waals surface area contributed by atoms with Gasteiger partial charge in [-0.3, -0.25) is 19.3 Å². The number of rotatable bonds is 5. The molecular weight excluding hydrogens is 668 g/mol. The van der Waals surface area contributed by atoms with Crippen LogP contribution in [0.4, 0.5) is 4.79 Å². The van der Waals surface area contributed by atoms with Crippen LogP contribution in [0, 0.1) is 0 Å². The number of carbonyl (C=O) groups excluding carboxylic acids is 4. The van der Waals surface area contributed by atoms with Crippen molar-refractivity contribution in [2.75, 3.05) is 33.4 Å². The van der Waals surface area contributed by atoms with Crippen molar-refractivity contribution in [3.05, 3.63) is 51.6 Å². The Labute approximate surface area is 293 Å². The first-order valence-electron chi connectivity index (χ1n) is 17.0. The molecule has 2 aromatic carbocycles. The molecule has 1 amide bonds. The number of hydrogen-bond donors (Lipinski definition) is 4. The normalized spacial score (nSPS) is 30.1. The van der Waals surface area contributed by atoms with Gasteiger partial charge in [0.05, 0.1) is 42.6 Å². The Kier molecular flexibility index (Phi) is 8.67. The van der Waals surface area contributed by atoms with Crippen molar-refractivity contribution in [1.82, 2.24) is 9.80 Å². The second-order valence-electron chi connectivity index (χ2n) is 14.8. The van der Waals surface area contributed by atoms with Gasteiger partial charge in [0.2, 0.25) is 5.78 Å². The molecule has 0 radical (unpaired) electrons. The molecule has 3 fully saturated rings. The summed E-state index contributed by atoms with van der Waals surface area (Å²) in [7, 11) is 1.34. The smallest absolute Gasteiger partial charge is 0.410 e. The number of aromatic hydroxyl groups is 2. The van der Waals surface area contributed by atoms with Gasteiger partial charge in [-0.15, -0.1) is 0 Å². The largest absolute Gasteiger partial charge is 0.507 e. The minimum Gasteiger partial charge on any atom is -0.507 e. The van der Waals surface area contributed by atoms with Crippen molar-refractivity contribution in [3.8, 4) is 17.2 Å². The molecule has 3 unspecified atom stereocenters. The van der Waals surface area contributed by atoms with Crippen LogP contribution in [0.25, 0.3) is 0 Å². The van der Waals surface area contributed by atoms with Crippen LogP contribution in [0.15, 0.2) is 18.2 Å². The van der Waals surface area contributed by atoms with Crippen LogP contribution in [-0.4, -0.2) is 129 Å². The molecule has 0 bridgehead atoms. The van der Waals surface area contributed by atoms with Gasteiger partial charge in [-0.2, -0.15) is 0 Å².